The van der Waals surface area contributed by atoms with E-state index in [-0.39, 0.29) is 0 Å². The fourth-order valence-electron chi connectivity index (χ4n) is 2.85. The molecule has 0 saturated carbocycles. The Morgan fingerprint density at radius 2 is 1.71 bits per heavy atom. The van der Waals surface area contributed by atoms with Crippen molar-refractivity contribution in [1.29, 1.82) is 0 Å². The molecule has 2 heteroatoms. The monoisotopic (exact) mass is 240 g/mol. The highest BCUT2D eigenvalue weighted by molar-refractivity contribution is 4.73. The van der Waals surface area contributed by atoms with Crippen LogP contribution in [0.4, 0.5) is 0 Å². The minimum absolute atomic E-state index is 0.693. The van der Waals surface area contributed by atoms with Crippen LogP contribution in [-0.4, -0.2) is 37.1 Å². The summed E-state index contributed by atoms with van der Waals surface area (Å²) >= 11 is 0. The number of rotatable bonds is 7. The van der Waals surface area contributed by atoms with Gasteiger partial charge >= 0.3 is 0 Å². The molecule has 1 heterocycles. The Morgan fingerprint density at radius 3 is 2.24 bits per heavy atom. The van der Waals surface area contributed by atoms with E-state index in [1.54, 1.807) is 0 Å². The maximum atomic E-state index is 3.73. The summed E-state index contributed by atoms with van der Waals surface area (Å²) in [6.07, 6.45) is 5.50. The zero-order valence-electron chi connectivity index (χ0n) is 12.3. The smallest absolute Gasteiger partial charge is 0.00875 e. The Balaban J connectivity index is 2.17. The van der Waals surface area contributed by atoms with E-state index in [1.165, 1.54) is 51.9 Å². The van der Waals surface area contributed by atoms with Crippen LogP contribution in [0.1, 0.15) is 53.4 Å². The van der Waals surface area contributed by atoms with Gasteiger partial charge in [0.05, 0.1) is 0 Å². The van der Waals surface area contributed by atoms with Gasteiger partial charge in [0.1, 0.15) is 0 Å². The van der Waals surface area contributed by atoms with Gasteiger partial charge in [-0.05, 0) is 50.7 Å². The average Bonchev–Trinajstić information content (AvgIpc) is 2.30. The zero-order chi connectivity index (χ0) is 12.7. The summed E-state index contributed by atoms with van der Waals surface area (Å²) in [5, 5.41) is 3.73. The normalized spacial score (nSPS) is 21.7. The lowest BCUT2D eigenvalue weighted by Crippen LogP contribution is -2.40. The SMILES string of the molecule is CCC(NCC(C)CN1CCCCC1)C(C)C. The van der Waals surface area contributed by atoms with E-state index in [1.807, 2.05) is 0 Å². The van der Waals surface area contributed by atoms with Crippen LogP contribution in [0.5, 0.6) is 0 Å². The molecule has 2 nitrogen and oxygen atoms in total. The standard InChI is InChI=1S/C15H32N2/c1-5-15(13(2)3)16-11-14(4)12-17-9-7-6-8-10-17/h13-16H,5-12H2,1-4H3. The zero-order valence-corrected chi connectivity index (χ0v) is 12.3. The lowest BCUT2D eigenvalue weighted by Gasteiger charge is -2.30. The van der Waals surface area contributed by atoms with E-state index in [4.69, 9.17) is 0 Å². The molecule has 0 bridgehead atoms. The molecule has 17 heavy (non-hydrogen) atoms. The van der Waals surface area contributed by atoms with Gasteiger partial charge < -0.3 is 10.2 Å². The Labute approximate surface area is 108 Å². The van der Waals surface area contributed by atoms with Crippen molar-refractivity contribution in [1.82, 2.24) is 10.2 Å². The molecule has 0 amide bonds. The molecule has 1 rings (SSSR count). The number of piperidine rings is 1. The van der Waals surface area contributed by atoms with Gasteiger partial charge in [0.2, 0.25) is 0 Å². The first-order valence-corrected chi connectivity index (χ1v) is 7.59. The molecule has 2 unspecified atom stereocenters. The van der Waals surface area contributed by atoms with Crippen LogP contribution in [-0.2, 0) is 0 Å². The first-order chi connectivity index (χ1) is 8.13. The van der Waals surface area contributed by atoms with E-state index in [9.17, 15) is 0 Å². The number of likely N-dealkylation sites (tertiary alicyclic amines) is 1. The summed E-state index contributed by atoms with van der Waals surface area (Å²) < 4.78 is 0. The van der Waals surface area contributed by atoms with Crippen molar-refractivity contribution in [2.24, 2.45) is 11.8 Å². The third-order valence-electron chi connectivity index (χ3n) is 3.99. The number of nitrogens with zero attached hydrogens (tertiary/aromatic N) is 1. The summed E-state index contributed by atoms with van der Waals surface area (Å²) in [5.74, 6) is 1.53. The van der Waals surface area contributed by atoms with Gasteiger partial charge in [-0.3, -0.25) is 0 Å². The summed E-state index contributed by atoms with van der Waals surface area (Å²) in [6, 6.07) is 0.693. The number of hydrogen-bond donors (Lipinski definition) is 1. The van der Waals surface area contributed by atoms with Gasteiger partial charge in [0.25, 0.3) is 0 Å². The van der Waals surface area contributed by atoms with Crippen molar-refractivity contribution in [2.75, 3.05) is 26.2 Å². The molecule has 1 aliphatic heterocycles. The largest absolute Gasteiger partial charge is 0.313 e. The molecule has 1 saturated heterocycles. The molecule has 1 fully saturated rings. The highest BCUT2D eigenvalue weighted by Gasteiger charge is 2.15. The molecule has 0 aliphatic carbocycles. The second-order valence-electron chi connectivity index (χ2n) is 6.13. The number of nitrogens with one attached hydrogen (secondary N) is 1. The molecule has 102 valence electrons. The van der Waals surface area contributed by atoms with Gasteiger partial charge in [-0.25, -0.2) is 0 Å². The fraction of sp³-hybridized carbons (Fsp3) is 1.00. The molecule has 0 spiro atoms. The highest BCUT2D eigenvalue weighted by Crippen LogP contribution is 2.11. The molecule has 0 aromatic rings. The molecular weight excluding hydrogens is 208 g/mol. The molecule has 0 aromatic carbocycles. The molecular formula is C15H32N2. The summed E-state index contributed by atoms with van der Waals surface area (Å²) in [7, 11) is 0. The van der Waals surface area contributed by atoms with Gasteiger partial charge in [-0.1, -0.05) is 34.1 Å². The second kappa shape index (κ2) is 8.10. The van der Waals surface area contributed by atoms with Crippen LogP contribution < -0.4 is 5.32 Å². The van der Waals surface area contributed by atoms with E-state index in [0.717, 1.165) is 11.8 Å². The van der Waals surface area contributed by atoms with Gasteiger partial charge in [0.15, 0.2) is 0 Å². The predicted octanol–water partition coefficient (Wildman–Crippen LogP) is 3.13. The quantitative estimate of drug-likeness (QED) is 0.735. The van der Waals surface area contributed by atoms with E-state index < -0.39 is 0 Å². The van der Waals surface area contributed by atoms with E-state index >= 15 is 0 Å². The summed E-state index contributed by atoms with van der Waals surface area (Å²) in [5.41, 5.74) is 0. The van der Waals surface area contributed by atoms with Crippen LogP contribution in [0.2, 0.25) is 0 Å². The maximum Gasteiger partial charge on any atom is 0.00875 e. The van der Waals surface area contributed by atoms with Gasteiger partial charge in [-0.2, -0.15) is 0 Å². The van der Waals surface area contributed by atoms with Crippen LogP contribution in [0.25, 0.3) is 0 Å². The lowest BCUT2D eigenvalue weighted by molar-refractivity contribution is 0.195. The third kappa shape index (κ3) is 5.87. The van der Waals surface area contributed by atoms with Crippen molar-refractivity contribution in [2.45, 2.75) is 59.4 Å². The van der Waals surface area contributed by atoms with Crippen LogP contribution >= 0.6 is 0 Å². The van der Waals surface area contributed by atoms with E-state index in [0.29, 0.717) is 6.04 Å². The average molecular weight is 240 g/mol. The first kappa shape index (κ1) is 15.0. The third-order valence-corrected chi connectivity index (χ3v) is 3.99. The van der Waals surface area contributed by atoms with Gasteiger partial charge in [0, 0.05) is 12.6 Å². The predicted molar refractivity (Wildman–Crippen MR) is 76.4 cm³/mol. The maximum absolute atomic E-state index is 3.73. The topological polar surface area (TPSA) is 15.3 Å². The van der Waals surface area contributed by atoms with Crippen LogP contribution in [0.3, 0.4) is 0 Å². The Kier molecular flexibility index (Phi) is 7.14. The van der Waals surface area contributed by atoms with Crippen molar-refractivity contribution >= 4 is 0 Å². The Morgan fingerprint density at radius 1 is 1.06 bits per heavy atom. The van der Waals surface area contributed by atoms with E-state index in [2.05, 4.69) is 37.9 Å². The van der Waals surface area contributed by atoms with Crippen LogP contribution in [0, 0.1) is 11.8 Å². The Hall–Kier alpha value is -0.0800. The molecule has 1 N–H and O–H groups in total. The van der Waals surface area contributed by atoms with Crippen molar-refractivity contribution in [3.05, 3.63) is 0 Å². The minimum Gasteiger partial charge on any atom is -0.313 e. The van der Waals surface area contributed by atoms with Gasteiger partial charge in [-0.15, -0.1) is 0 Å². The molecule has 0 radical (unpaired) electrons. The molecule has 2 atom stereocenters. The Bertz CT molecular complexity index is 185. The second-order valence-corrected chi connectivity index (χ2v) is 6.13. The lowest BCUT2D eigenvalue weighted by atomic mass is 10.0. The summed E-state index contributed by atoms with van der Waals surface area (Å²) in [6.45, 7) is 14.4. The van der Waals surface area contributed by atoms with Crippen molar-refractivity contribution in [3.63, 3.8) is 0 Å². The molecule has 1 aliphatic rings. The van der Waals surface area contributed by atoms with Crippen LogP contribution in [0.15, 0.2) is 0 Å². The summed E-state index contributed by atoms with van der Waals surface area (Å²) in [4.78, 5) is 2.65. The first-order valence-electron chi connectivity index (χ1n) is 7.59. The van der Waals surface area contributed by atoms with Crippen molar-refractivity contribution in [3.8, 4) is 0 Å². The van der Waals surface area contributed by atoms with Crippen molar-refractivity contribution < 1.29 is 0 Å². The molecule has 0 aromatic heterocycles. The highest BCUT2D eigenvalue weighted by atomic mass is 15.1. The number of hydrogen-bond acceptors (Lipinski definition) is 2. The minimum atomic E-state index is 0.693. The fourth-order valence-corrected chi connectivity index (χ4v) is 2.85.